The summed E-state index contributed by atoms with van der Waals surface area (Å²) >= 11 is 0. The number of amides is 1. The number of rotatable bonds is 9. The molecule has 1 rings (SSSR count). The fourth-order valence-corrected chi connectivity index (χ4v) is 2.09. The standard InChI is InChI=1S/C13H24N2O4/c1-2-6-14-11-9-19-8-10(11)13(18)15-7-4-3-5-12(16)17/h10-11,14H,2-9H2,1H3,(H,15,18)(H,16,17). The van der Waals surface area contributed by atoms with Gasteiger partial charge in [-0.2, -0.15) is 0 Å². The molecule has 1 aliphatic rings. The first-order valence-electron chi connectivity index (χ1n) is 6.95. The smallest absolute Gasteiger partial charge is 0.303 e. The maximum Gasteiger partial charge on any atom is 0.303 e. The lowest BCUT2D eigenvalue weighted by Gasteiger charge is -2.18. The third-order valence-electron chi connectivity index (χ3n) is 3.19. The molecule has 1 saturated heterocycles. The van der Waals surface area contributed by atoms with E-state index >= 15 is 0 Å². The maximum absolute atomic E-state index is 12.0. The van der Waals surface area contributed by atoms with Crippen molar-refractivity contribution >= 4 is 11.9 Å². The molecule has 6 nitrogen and oxygen atoms in total. The lowest BCUT2D eigenvalue weighted by Crippen LogP contribution is -2.44. The number of carbonyl (C=O) groups is 2. The molecule has 0 aromatic heterocycles. The van der Waals surface area contributed by atoms with Crippen molar-refractivity contribution in [3.63, 3.8) is 0 Å². The summed E-state index contributed by atoms with van der Waals surface area (Å²) < 4.78 is 5.35. The molecule has 110 valence electrons. The molecule has 0 bridgehead atoms. The first kappa shape index (κ1) is 15.9. The molecule has 0 aromatic carbocycles. The summed E-state index contributed by atoms with van der Waals surface area (Å²) in [4.78, 5) is 22.3. The Hall–Kier alpha value is -1.14. The second kappa shape index (κ2) is 8.87. The molecule has 0 spiro atoms. The molecule has 19 heavy (non-hydrogen) atoms. The third kappa shape index (κ3) is 6.02. The monoisotopic (exact) mass is 272 g/mol. The minimum absolute atomic E-state index is 0.00132. The summed E-state index contributed by atoms with van der Waals surface area (Å²) in [6.45, 7) is 4.54. The van der Waals surface area contributed by atoms with E-state index in [0.29, 0.717) is 32.6 Å². The number of unbranched alkanes of at least 4 members (excludes halogenated alkanes) is 1. The predicted octanol–water partition coefficient (Wildman–Crippen LogP) is 0.372. The van der Waals surface area contributed by atoms with Gasteiger partial charge in [-0.25, -0.2) is 0 Å². The van der Waals surface area contributed by atoms with Crippen LogP contribution in [-0.4, -0.2) is 49.3 Å². The summed E-state index contributed by atoms with van der Waals surface area (Å²) in [7, 11) is 0. The average Bonchev–Trinajstić information content (AvgIpc) is 2.83. The predicted molar refractivity (Wildman–Crippen MR) is 70.9 cm³/mol. The van der Waals surface area contributed by atoms with Crippen molar-refractivity contribution in [1.82, 2.24) is 10.6 Å². The number of carboxylic acid groups (broad SMARTS) is 1. The van der Waals surface area contributed by atoms with Crippen LogP contribution in [0.25, 0.3) is 0 Å². The van der Waals surface area contributed by atoms with Gasteiger partial charge in [0, 0.05) is 19.0 Å². The highest BCUT2D eigenvalue weighted by Crippen LogP contribution is 2.14. The van der Waals surface area contributed by atoms with Gasteiger partial charge in [0.15, 0.2) is 0 Å². The number of ether oxygens (including phenoxy) is 1. The zero-order chi connectivity index (χ0) is 14.1. The Balaban J connectivity index is 2.18. The maximum atomic E-state index is 12.0. The highest BCUT2D eigenvalue weighted by Gasteiger charge is 2.33. The van der Waals surface area contributed by atoms with Gasteiger partial charge in [0.2, 0.25) is 5.91 Å². The molecule has 3 N–H and O–H groups in total. The second-order valence-electron chi connectivity index (χ2n) is 4.85. The average molecular weight is 272 g/mol. The van der Waals surface area contributed by atoms with Crippen molar-refractivity contribution in [3.05, 3.63) is 0 Å². The summed E-state index contributed by atoms with van der Waals surface area (Å²) in [5.41, 5.74) is 0. The number of hydrogen-bond donors (Lipinski definition) is 3. The van der Waals surface area contributed by atoms with E-state index < -0.39 is 5.97 Å². The molecule has 1 fully saturated rings. The summed E-state index contributed by atoms with van der Waals surface area (Å²) in [5.74, 6) is -0.924. The summed E-state index contributed by atoms with van der Waals surface area (Å²) in [6.07, 6.45) is 2.47. The van der Waals surface area contributed by atoms with Crippen molar-refractivity contribution < 1.29 is 19.4 Å². The molecule has 2 atom stereocenters. The van der Waals surface area contributed by atoms with Crippen LogP contribution in [0.15, 0.2) is 0 Å². The molecule has 0 aromatic rings. The quantitative estimate of drug-likeness (QED) is 0.528. The molecule has 6 heteroatoms. The number of carbonyl (C=O) groups excluding carboxylic acids is 1. The molecule has 1 heterocycles. The van der Waals surface area contributed by atoms with E-state index in [2.05, 4.69) is 17.6 Å². The Morgan fingerprint density at radius 3 is 2.74 bits per heavy atom. The van der Waals surface area contributed by atoms with E-state index in [9.17, 15) is 9.59 Å². The van der Waals surface area contributed by atoms with Gasteiger partial charge in [-0.05, 0) is 25.8 Å². The van der Waals surface area contributed by atoms with E-state index in [0.717, 1.165) is 13.0 Å². The molecule has 0 radical (unpaired) electrons. The van der Waals surface area contributed by atoms with E-state index in [1.807, 2.05) is 0 Å². The third-order valence-corrected chi connectivity index (χ3v) is 3.19. The fraction of sp³-hybridized carbons (Fsp3) is 0.846. The number of carboxylic acids is 1. The van der Waals surface area contributed by atoms with E-state index in [1.165, 1.54) is 0 Å². The largest absolute Gasteiger partial charge is 0.481 e. The van der Waals surface area contributed by atoms with Crippen molar-refractivity contribution in [1.29, 1.82) is 0 Å². The van der Waals surface area contributed by atoms with Crippen LogP contribution in [-0.2, 0) is 14.3 Å². The van der Waals surface area contributed by atoms with E-state index in [1.54, 1.807) is 0 Å². The first-order chi connectivity index (χ1) is 9.15. The van der Waals surface area contributed by atoms with Gasteiger partial charge in [-0.1, -0.05) is 6.92 Å². The minimum atomic E-state index is -0.792. The highest BCUT2D eigenvalue weighted by atomic mass is 16.5. The van der Waals surface area contributed by atoms with Gasteiger partial charge in [0.05, 0.1) is 19.1 Å². The van der Waals surface area contributed by atoms with Crippen LogP contribution < -0.4 is 10.6 Å². The van der Waals surface area contributed by atoms with Crippen LogP contribution in [0.2, 0.25) is 0 Å². The topological polar surface area (TPSA) is 87.7 Å². The van der Waals surface area contributed by atoms with Gasteiger partial charge in [0.1, 0.15) is 0 Å². The van der Waals surface area contributed by atoms with Crippen molar-refractivity contribution in [3.8, 4) is 0 Å². The first-order valence-corrected chi connectivity index (χ1v) is 6.95. The van der Waals surface area contributed by atoms with Crippen molar-refractivity contribution in [2.24, 2.45) is 5.92 Å². The lowest BCUT2D eigenvalue weighted by atomic mass is 10.0. The molecular formula is C13H24N2O4. The van der Waals surface area contributed by atoms with Crippen LogP contribution in [0.4, 0.5) is 0 Å². The normalized spacial score (nSPS) is 22.4. The molecule has 1 amide bonds. The molecule has 1 aliphatic heterocycles. The van der Waals surface area contributed by atoms with Gasteiger partial charge < -0.3 is 20.5 Å². The van der Waals surface area contributed by atoms with Crippen LogP contribution in [0, 0.1) is 5.92 Å². The SMILES string of the molecule is CCCNC1COCC1C(=O)NCCCCC(=O)O. The molecule has 2 unspecified atom stereocenters. The van der Waals surface area contributed by atoms with Crippen molar-refractivity contribution in [2.75, 3.05) is 26.3 Å². The molecule has 0 saturated carbocycles. The lowest BCUT2D eigenvalue weighted by molar-refractivity contribution is -0.137. The van der Waals surface area contributed by atoms with Crippen LogP contribution in [0.3, 0.4) is 0 Å². The zero-order valence-electron chi connectivity index (χ0n) is 11.5. The Bertz CT molecular complexity index is 296. The van der Waals surface area contributed by atoms with Crippen molar-refractivity contribution in [2.45, 2.75) is 38.6 Å². The number of hydrogen-bond acceptors (Lipinski definition) is 4. The Kier molecular flexibility index (Phi) is 7.43. The summed E-state index contributed by atoms with van der Waals surface area (Å²) in [5, 5.41) is 14.7. The fourth-order valence-electron chi connectivity index (χ4n) is 2.09. The van der Waals surface area contributed by atoms with Gasteiger partial charge in [-0.15, -0.1) is 0 Å². The Morgan fingerprint density at radius 1 is 1.26 bits per heavy atom. The van der Waals surface area contributed by atoms with Crippen LogP contribution in [0.1, 0.15) is 32.6 Å². The van der Waals surface area contributed by atoms with E-state index in [-0.39, 0.29) is 24.3 Å². The number of nitrogens with one attached hydrogen (secondary N) is 2. The van der Waals surface area contributed by atoms with E-state index in [4.69, 9.17) is 9.84 Å². The summed E-state index contributed by atoms with van der Waals surface area (Å²) in [6, 6.07) is 0.0963. The zero-order valence-corrected chi connectivity index (χ0v) is 11.5. The minimum Gasteiger partial charge on any atom is -0.481 e. The Morgan fingerprint density at radius 2 is 2.05 bits per heavy atom. The Labute approximate surface area is 113 Å². The van der Waals surface area contributed by atoms with Gasteiger partial charge >= 0.3 is 5.97 Å². The van der Waals surface area contributed by atoms with Crippen LogP contribution >= 0.6 is 0 Å². The molecule has 0 aliphatic carbocycles. The van der Waals surface area contributed by atoms with Gasteiger partial charge in [-0.3, -0.25) is 9.59 Å². The van der Waals surface area contributed by atoms with Gasteiger partial charge in [0.25, 0.3) is 0 Å². The molecular weight excluding hydrogens is 248 g/mol. The highest BCUT2D eigenvalue weighted by molar-refractivity contribution is 5.79. The second-order valence-corrected chi connectivity index (χ2v) is 4.85. The van der Waals surface area contributed by atoms with Crippen LogP contribution in [0.5, 0.6) is 0 Å². The number of aliphatic carboxylic acids is 1.